The number of rotatable bonds is 1. The first kappa shape index (κ1) is 8.57. The summed E-state index contributed by atoms with van der Waals surface area (Å²) >= 11 is 0. The minimum absolute atomic E-state index is 0.373. The topological polar surface area (TPSA) is 32.3 Å². The molecule has 0 radical (unpaired) electrons. The van der Waals surface area contributed by atoms with Crippen molar-refractivity contribution in [2.45, 2.75) is 26.3 Å². The molecule has 1 atom stereocenters. The lowest BCUT2D eigenvalue weighted by atomic mass is 9.90. The molecule has 2 heteroatoms. The number of phenols is 1. The van der Waals surface area contributed by atoms with Gasteiger partial charge in [0.2, 0.25) is 0 Å². The van der Waals surface area contributed by atoms with Gasteiger partial charge in [0.25, 0.3) is 0 Å². The maximum Gasteiger partial charge on any atom is 0.116 e. The van der Waals surface area contributed by atoms with Crippen molar-refractivity contribution < 1.29 is 5.11 Å². The van der Waals surface area contributed by atoms with Crippen molar-refractivity contribution in [3.63, 3.8) is 0 Å². The first-order valence-electron chi connectivity index (χ1n) is 4.72. The zero-order valence-corrected chi connectivity index (χ0v) is 8.09. The maximum atomic E-state index is 9.37. The van der Waals surface area contributed by atoms with Gasteiger partial charge >= 0.3 is 0 Å². The zero-order chi connectivity index (χ0) is 9.42. The molecular formula is C11H15NO. The second-order valence-electron chi connectivity index (χ2n) is 3.79. The van der Waals surface area contributed by atoms with Crippen molar-refractivity contribution in [3.8, 4) is 5.75 Å². The van der Waals surface area contributed by atoms with Gasteiger partial charge in [-0.15, -0.1) is 0 Å². The van der Waals surface area contributed by atoms with E-state index in [1.807, 2.05) is 12.1 Å². The molecule has 2 nitrogen and oxygen atoms in total. The van der Waals surface area contributed by atoms with E-state index in [0.717, 1.165) is 6.54 Å². The van der Waals surface area contributed by atoms with Crippen molar-refractivity contribution in [1.82, 2.24) is 5.32 Å². The van der Waals surface area contributed by atoms with Gasteiger partial charge in [0.1, 0.15) is 5.75 Å². The van der Waals surface area contributed by atoms with Gasteiger partial charge in [-0.1, -0.05) is 0 Å². The Kier molecular flexibility index (Phi) is 2.00. The van der Waals surface area contributed by atoms with E-state index in [0.29, 0.717) is 11.8 Å². The van der Waals surface area contributed by atoms with E-state index in [9.17, 15) is 5.11 Å². The van der Waals surface area contributed by atoms with E-state index >= 15 is 0 Å². The number of hydrogen-bond acceptors (Lipinski definition) is 2. The summed E-state index contributed by atoms with van der Waals surface area (Å²) in [6.07, 6.45) is 1.21. The Labute approximate surface area is 78.6 Å². The van der Waals surface area contributed by atoms with Crippen LogP contribution in [0.2, 0.25) is 0 Å². The number of benzene rings is 1. The highest BCUT2D eigenvalue weighted by molar-refractivity contribution is 5.42. The van der Waals surface area contributed by atoms with Gasteiger partial charge in [0.05, 0.1) is 0 Å². The van der Waals surface area contributed by atoms with E-state index in [-0.39, 0.29) is 0 Å². The van der Waals surface area contributed by atoms with Crippen LogP contribution in [0.5, 0.6) is 5.75 Å². The number of nitrogens with one attached hydrogen (secondary N) is 1. The second-order valence-corrected chi connectivity index (χ2v) is 3.79. The van der Waals surface area contributed by atoms with E-state index in [1.165, 1.54) is 23.1 Å². The van der Waals surface area contributed by atoms with Gasteiger partial charge in [-0.2, -0.15) is 0 Å². The fraction of sp³-hybridized carbons (Fsp3) is 0.455. The third kappa shape index (κ3) is 1.42. The van der Waals surface area contributed by atoms with Crippen molar-refractivity contribution in [3.05, 3.63) is 28.8 Å². The summed E-state index contributed by atoms with van der Waals surface area (Å²) in [5.41, 5.74) is 3.74. The summed E-state index contributed by atoms with van der Waals surface area (Å²) in [5.74, 6) is 0.373. The SMILES string of the molecule is Cc1cc(O)cc(C)c1[C@H]1CCN1. The maximum absolute atomic E-state index is 9.37. The van der Waals surface area contributed by atoms with Crippen LogP contribution < -0.4 is 5.32 Å². The monoisotopic (exact) mass is 177 g/mol. The van der Waals surface area contributed by atoms with Crippen LogP contribution in [0.1, 0.15) is 29.2 Å². The van der Waals surface area contributed by atoms with Crippen LogP contribution in [0.15, 0.2) is 12.1 Å². The molecule has 1 aliphatic heterocycles. The van der Waals surface area contributed by atoms with Crippen molar-refractivity contribution in [2.75, 3.05) is 6.54 Å². The molecule has 1 saturated heterocycles. The Balaban J connectivity index is 2.43. The number of aromatic hydroxyl groups is 1. The van der Waals surface area contributed by atoms with Gasteiger partial charge in [-0.25, -0.2) is 0 Å². The Morgan fingerprint density at radius 1 is 1.31 bits per heavy atom. The fourth-order valence-electron chi connectivity index (χ4n) is 2.04. The summed E-state index contributed by atoms with van der Waals surface area (Å²) in [6, 6.07) is 4.19. The van der Waals surface area contributed by atoms with Crippen LogP contribution in [0.4, 0.5) is 0 Å². The molecule has 1 aromatic carbocycles. The first-order chi connectivity index (χ1) is 6.18. The van der Waals surface area contributed by atoms with Crippen LogP contribution in [-0.2, 0) is 0 Å². The average Bonchev–Trinajstić information content (AvgIpc) is 1.92. The third-order valence-electron chi connectivity index (χ3n) is 2.75. The zero-order valence-electron chi connectivity index (χ0n) is 8.09. The molecular weight excluding hydrogens is 162 g/mol. The first-order valence-corrected chi connectivity index (χ1v) is 4.72. The fourth-order valence-corrected chi connectivity index (χ4v) is 2.04. The summed E-state index contributed by atoms with van der Waals surface area (Å²) in [5, 5.41) is 12.8. The molecule has 13 heavy (non-hydrogen) atoms. The molecule has 1 aromatic rings. The van der Waals surface area contributed by atoms with Crippen molar-refractivity contribution in [2.24, 2.45) is 0 Å². The molecule has 0 spiro atoms. The summed E-state index contributed by atoms with van der Waals surface area (Å²) in [6.45, 7) is 5.23. The highest BCUT2D eigenvalue weighted by Gasteiger charge is 2.21. The number of aryl methyl sites for hydroxylation is 2. The Hall–Kier alpha value is -1.02. The van der Waals surface area contributed by atoms with Crippen LogP contribution in [0.3, 0.4) is 0 Å². The van der Waals surface area contributed by atoms with E-state index in [1.54, 1.807) is 0 Å². The van der Waals surface area contributed by atoms with E-state index < -0.39 is 0 Å². The standard InChI is InChI=1S/C11H15NO/c1-7-5-9(13)6-8(2)11(7)10-3-4-12-10/h5-6,10,12-13H,3-4H2,1-2H3/t10-/m1/s1. The molecule has 2 N–H and O–H groups in total. The molecule has 70 valence electrons. The quantitative estimate of drug-likeness (QED) is 0.688. The van der Waals surface area contributed by atoms with Gasteiger partial charge in [0.15, 0.2) is 0 Å². The number of hydrogen-bond donors (Lipinski definition) is 2. The Morgan fingerprint density at radius 3 is 2.23 bits per heavy atom. The highest BCUT2D eigenvalue weighted by Crippen LogP contribution is 2.31. The summed E-state index contributed by atoms with van der Waals surface area (Å²) in [7, 11) is 0. The van der Waals surface area contributed by atoms with Crippen LogP contribution in [0.25, 0.3) is 0 Å². The number of phenolic OH excluding ortho intramolecular Hbond substituents is 1. The lowest BCUT2D eigenvalue weighted by Gasteiger charge is -2.30. The van der Waals surface area contributed by atoms with Gasteiger partial charge in [-0.3, -0.25) is 0 Å². The molecule has 0 saturated carbocycles. The molecule has 1 aliphatic rings. The molecule has 2 rings (SSSR count). The molecule has 0 bridgehead atoms. The third-order valence-corrected chi connectivity index (χ3v) is 2.75. The summed E-state index contributed by atoms with van der Waals surface area (Å²) < 4.78 is 0. The van der Waals surface area contributed by atoms with Crippen molar-refractivity contribution >= 4 is 0 Å². The molecule has 0 aliphatic carbocycles. The predicted octanol–water partition coefficient (Wildman–Crippen LogP) is 2.04. The predicted molar refractivity (Wildman–Crippen MR) is 52.9 cm³/mol. The van der Waals surface area contributed by atoms with E-state index in [2.05, 4.69) is 19.2 Å². The molecule has 1 heterocycles. The highest BCUT2D eigenvalue weighted by atomic mass is 16.3. The lowest BCUT2D eigenvalue weighted by molar-refractivity contribution is 0.379. The van der Waals surface area contributed by atoms with Gasteiger partial charge < -0.3 is 10.4 Å². The average molecular weight is 177 g/mol. The minimum atomic E-state index is 0.373. The molecule has 1 fully saturated rings. The Bertz CT molecular complexity index is 306. The second kappa shape index (κ2) is 3.04. The lowest BCUT2D eigenvalue weighted by Crippen LogP contribution is -2.35. The minimum Gasteiger partial charge on any atom is -0.508 e. The van der Waals surface area contributed by atoms with Gasteiger partial charge in [-0.05, 0) is 55.6 Å². The summed E-state index contributed by atoms with van der Waals surface area (Å²) in [4.78, 5) is 0. The smallest absolute Gasteiger partial charge is 0.116 e. The molecule has 0 unspecified atom stereocenters. The van der Waals surface area contributed by atoms with Gasteiger partial charge in [0, 0.05) is 6.04 Å². The normalized spacial score (nSPS) is 21.2. The van der Waals surface area contributed by atoms with Crippen LogP contribution >= 0.6 is 0 Å². The van der Waals surface area contributed by atoms with Crippen molar-refractivity contribution in [1.29, 1.82) is 0 Å². The Morgan fingerprint density at radius 2 is 1.85 bits per heavy atom. The largest absolute Gasteiger partial charge is 0.508 e. The van der Waals surface area contributed by atoms with E-state index in [4.69, 9.17) is 0 Å². The van der Waals surface area contributed by atoms with Crippen LogP contribution in [-0.4, -0.2) is 11.7 Å². The molecule has 0 aromatic heterocycles. The van der Waals surface area contributed by atoms with Crippen LogP contribution in [0, 0.1) is 13.8 Å². The molecule has 0 amide bonds.